The average Bonchev–Trinajstić information content (AvgIpc) is 2.87. The lowest BCUT2D eigenvalue weighted by molar-refractivity contribution is 0.494. The van der Waals surface area contributed by atoms with Crippen molar-refractivity contribution >= 4 is 27.5 Å². The van der Waals surface area contributed by atoms with Crippen LogP contribution < -0.4 is 5.32 Å². The summed E-state index contributed by atoms with van der Waals surface area (Å²) in [6.45, 7) is 3.99. The summed E-state index contributed by atoms with van der Waals surface area (Å²) in [6.07, 6.45) is 1.86. The lowest BCUT2D eigenvalue weighted by atomic mass is 10.2. The molecular formula is C13H15BrClN3O. The van der Waals surface area contributed by atoms with Gasteiger partial charge in [-0.15, -0.1) is 10.2 Å². The second-order valence-corrected chi connectivity index (χ2v) is 5.39. The Labute approximate surface area is 125 Å². The van der Waals surface area contributed by atoms with Gasteiger partial charge in [-0.2, -0.15) is 0 Å². The third-order valence-electron chi connectivity index (χ3n) is 2.58. The summed E-state index contributed by atoms with van der Waals surface area (Å²) in [5.41, 5.74) is 0.858. The van der Waals surface area contributed by atoms with Crippen molar-refractivity contribution in [2.24, 2.45) is 0 Å². The molecule has 0 aliphatic rings. The highest BCUT2D eigenvalue weighted by molar-refractivity contribution is 9.10. The van der Waals surface area contributed by atoms with Crippen LogP contribution in [0.15, 0.2) is 27.1 Å². The number of aromatic nitrogens is 2. The first-order chi connectivity index (χ1) is 9.20. The van der Waals surface area contributed by atoms with Crippen LogP contribution >= 0.6 is 27.5 Å². The predicted molar refractivity (Wildman–Crippen MR) is 79.3 cm³/mol. The molecule has 0 aliphatic carbocycles. The molecule has 1 N–H and O–H groups in total. The van der Waals surface area contributed by atoms with Crippen molar-refractivity contribution in [3.05, 3.63) is 33.6 Å². The summed E-state index contributed by atoms with van der Waals surface area (Å²) in [5.74, 6) is 1.16. The van der Waals surface area contributed by atoms with Crippen molar-refractivity contribution in [2.45, 2.75) is 19.8 Å². The summed E-state index contributed by atoms with van der Waals surface area (Å²) in [6, 6.07) is 5.53. The second-order valence-electron chi connectivity index (χ2n) is 4.13. The Balaban J connectivity index is 2.01. The van der Waals surface area contributed by atoms with Crippen LogP contribution in [-0.4, -0.2) is 23.3 Å². The summed E-state index contributed by atoms with van der Waals surface area (Å²) in [4.78, 5) is 0. The van der Waals surface area contributed by atoms with E-state index >= 15 is 0 Å². The molecular weight excluding hydrogens is 330 g/mol. The Morgan fingerprint density at radius 2 is 2.16 bits per heavy atom. The molecule has 102 valence electrons. The number of benzene rings is 1. The molecule has 0 spiro atoms. The Morgan fingerprint density at radius 3 is 2.89 bits per heavy atom. The van der Waals surface area contributed by atoms with Crippen molar-refractivity contribution in [3.63, 3.8) is 0 Å². The number of halogens is 2. The molecule has 0 bridgehead atoms. The first-order valence-electron chi connectivity index (χ1n) is 6.19. The molecule has 1 heterocycles. The number of hydrogen-bond donors (Lipinski definition) is 1. The highest BCUT2D eigenvalue weighted by atomic mass is 79.9. The fourth-order valence-electron chi connectivity index (χ4n) is 1.60. The van der Waals surface area contributed by atoms with Gasteiger partial charge in [0.15, 0.2) is 0 Å². The van der Waals surface area contributed by atoms with Gasteiger partial charge >= 0.3 is 0 Å². The first kappa shape index (κ1) is 14.5. The molecule has 19 heavy (non-hydrogen) atoms. The molecule has 0 radical (unpaired) electrons. The minimum Gasteiger partial charge on any atom is -0.421 e. The summed E-state index contributed by atoms with van der Waals surface area (Å²) in [7, 11) is 0. The molecule has 0 aliphatic heterocycles. The molecule has 0 unspecified atom stereocenters. The van der Waals surface area contributed by atoms with Gasteiger partial charge in [-0.25, -0.2) is 0 Å². The highest BCUT2D eigenvalue weighted by Gasteiger charge is 2.09. The molecule has 0 atom stereocenters. The van der Waals surface area contributed by atoms with E-state index in [0.29, 0.717) is 16.8 Å². The zero-order valence-corrected chi connectivity index (χ0v) is 13.0. The van der Waals surface area contributed by atoms with E-state index in [4.69, 9.17) is 16.0 Å². The number of rotatable bonds is 6. The largest absolute Gasteiger partial charge is 0.421 e. The Bertz CT molecular complexity index is 544. The molecule has 4 nitrogen and oxygen atoms in total. The maximum atomic E-state index is 5.95. The van der Waals surface area contributed by atoms with E-state index in [-0.39, 0.29) is 0 Å². The summed E-state index contributed by atoms with van der Waals surface area (Å²) >= 11 is 9.33. The van der Waals surface area contributed by atoms with Crippen LogP contribution in [0.25, 0.3) is 11.5 Å². The minimum atomic E-state index is 0.517. The quantitative estimate of drug-likeness (QED) is 0.812. The van der Waals surface area contributed by atoms with Gasteiger partial charge in [0, 0.05) is 23.0 Å². The van der Waals surface area contributed by atoms with E-state index < -0.39 is 0 Å². The number of nitrogens with zero attached hydrogens (tertiary/aromatic N) is 2. The topological polar surface area (TPSA) is 51.0 Å². The van der Waals surface area contributed by atoms with Crippen LogP contribution in [0, 0.1) is 0 Å². The highest BCUT2D eigenvalue weighted by Crippen LogP contribution is 2.28. The maximum Gasteiger partial charge on any atom is 0.247 e. The monoisotopic (exact) mass is 343 g/mol. The van der Waals surface area contributed by atoms with E-state index in [1.807, 2.05) is 12.1 Å². The third-order valence-corrected chi connectivity index (χ3v) is 3.79. The normalized spacial score (nSPS) is 10.9. The van der Waals surface area contributed by atoms with E-state index in [2.05, 4.69) is 38.4 Å². The lowest BCUT2D eigenvalue weighted by Crippen LogP contribution is -2.17. The molecule has 0 saturated heterocycles. The van der Waals surface area contributed by atoms with Crippen LogP contribution in [0.3, 0.4) is 0 Å². The van der Waals surface area contributed by atoms with Crippen molar-refractivity contribution in [3.8, 4) is 11.5 Å². The van der Waals surface area contributed by atoms with Gasteiger partial charge in [0.05, 0.1) is 5.02 Å². The van der Waals surface area contributed by atoms with Gasteiger partial charge in [-0.1, -0.05) is 18.5 Å². The van der Waals surface area contributed by atoms with Crippen molar-refractivity contribution in [2.75, 3.05) is 13.1 Å². The second kappa shape index (κ2) is 7.03. The van der Waals surface area contributed by atoms with E-state index in [9.17, 15) is 0 Å². The molecule has 2 aromatic rings. The van der Waals surface area contributed by atoms with E-state index in [1.165, 1.54) is 0 Å². The smallest absolute Gasteiger partial charge is 0.247 e. The minimum absolute atomic E-state index is 0.517. The molecule has 2 rings (SSSR count). The van der Waals surface area contributed by atoms with Gasteiger partial charge in [0.2, 0.25) is 11.8 Å². The molecule has 0 saturated carbocycles. The van der Waals surface area contributed by atoms with Crippen LogP contribution in [-0.2, 0) is 6.42 Å². The van der Waals surface area contributed by atoms with Crippen molar-refractivity contribution in [1.82, 2.24) is 15.5 Å². The number of nitrogens with one attached hydrogen (secondary N) is 1. The van der Waals surface area contributed by atoms with Crippen LogP contribution in [0.4, 0.5) is 0 Å². The number of hydrogen-bond acceptors (Lipinski definition) is 4. The molecule has 6 heteroatoms. The van der Waals surface area contributed by atoms with Crippen LogP contribution in [0.2, 0.25) is 5.02 Å². The average molecular weight is 345 g/mol. The fraction of sp³-hybridized carbons (Fsp3) is 0.385. The van der Waals surface area contributed by atoms with Gasteiger partial charge in [-0.3, -0.25) is 0 Å². The van der Waals surface area contributed by atoms with Gasteiger partial charge in [0.1, 0.15) is 0 Å². The SMILES string of the molecule is CCCNCCc1nnc(-c2ccc(Cl)c(Br)c2)o1. The lowest BCUT2D eigenvalue weighted by Gasteiger charge is -1.99. The van der Waals surface area contributed by atoms with Crippen LogP contribution in [0.1, 0.15) is 19.2 Å². The standard InChI is InChI=1S/C13H15BrClN3O/c1-2-6-16-7-5-12-17-18-13(19-12)9-3-4-11(15)10(14)8-9/h3-4,8,16H,2,5-7H2,1H3. The molecule has 0 amide bonds. The van der Waals surface area contributed by atoms with Gasteiger partial charge in [0.25, 0.3) is 0 Å². The first-order valence-corrected chi connectivity index (χ1v) is 7.36. The van der Waals surface area contributed by atoms with E-state index in [0.717, 1.165) is 36.0 Å². The fourth-order valence-corrected chi connectivity index (χ4v) is 2.09. The van der Waals surface area contributed by atoms with Gasteiger partial charge < -0.3 is 9.73 Å². The Hall–Kier alpha value is -0.910. The zero-order chi connectivity index (χ0) is 13.7. The molecule has 1 aromatic heterocycles. The summed E-state index contributed by atoms with van der Waals surface area (Å²) in [5, 5.41) is 12.0. The van der Waals surface area contributed by atoms with Crippen LogP contribution in [0.5, 0.6) is 0 Å². The molecule has 1 aromatic carbocycles. The third kappa shape index (κ3) is 4.03. The Morgan fingerprint density at radius 1 is 1.32 bits per heavy atom. The summed E-state index contributed by atoms with van der Waals surface area (Å²) < 4.78 is 6.43. The Kier molecular flexibility index (Phi) is 5.36. The maximum absolute atomic E-state index is 5.95. The van der Waals surface area contributed by atoms with Gasteiger partial charge in [-0.05, 0) is 47.1 Å². The zero-order valence-electron chi connectivity index (χ0n) is 10.6. The van der Waals surface area contributed by atoms with Crippen molar-refractivity contribution in [1.29, 1.82) is 0 Å². The van der Waals surface area contributed by atoms with Crippen molar-refractivity contribution < 1.29 is 4.42 Å². The predicted octanol–water partition coefficient (Wildman–Crippen LogP) is 3.69. The van der Waals surface area contributed by atoms with E-state index in [1.54, 1.807) is 6.07 Å². The molecule has 0 fully saturated rings.